The highest BCUT2D eigenvalue weighted by Crippen LogP contribution is 2.31. The molecule has 0 aliphatic carbocycles. The van der Waals surface area contributed by atoms with Crippen LogP contribution in [0.3, 0.4) is 0 Å². The van der Waals surface area contributed by atoms with Gasteiger partial charge in [0, 0.05) is 5.56 Å². The molecule has 4 rings (SSSR count). The maximum Gasteiger partial charge on any atom is 0.182 e. The van der Waals surface area contributed by atoms with Crippen LogP contribution in [0.25, 0.3) is 22.5 Å². The summed E-state index contributed by atoms with van der Waals surface area (Å²) in [5.41, 5.74) is 5.86. The Morgan fingerprint density at radius 2 is 1.42 bits per heavy atom. The first kappa shape index (κ1) is 16.2. The van der Waals surface area contributed by atoms with E-state index in [0.29, 0.717) is 6.54 Å². The van der Waals surface area contributed by atoms with Gasteiger partial charge in [0.1, 0.15) is 0 Å². The summed E-state index contributed by atoms with van der Waals surface area (Å²) >= 11 is 0. The lowest BCUT2D eigenvalue weighted by Gasteiger charge is -2.11. The summed E-state index contributed by atoms with van der Waals surface area (Å²) in [6.45, 7) is 2.81. The van der Waals surface area contributed by atoms with Crippen molar-refractivity contribution in [3.63, 3.8) is 0 Å². The summed E-state index contributed by atoms with van der Waals surface area (Å²) < 4.78 is 1.86. The number of tetrazole rings is 1. The molecule has 0 aliphatic heterocycles. The number of aromatic nitrogens is 4. The van der Waals surface area contributed by atoms with Gasteiger partial charge in [0.15, 0.2) is 5.82 Å². The minimum absolute atomic E-state index is 0.645. The van der Waals surface area contributed by atoms with Gasteiger partial charge in [-0.3, -0.25) is 0 Å². The zero-order chi connectivity index (χ0) is 17.8. The van der Waals surface area contributed by atoms with E-state index in [0.717, 1.165) is 23.4 Å². The topological polar surface area (TPSA) is 43.6 Å². The van der Waals surface area contributed by atoms with Gasteiger partial charge in [0.25, 0.3) is 0 Å². The Hall–Kier alpha value is -3.27. The van der Waals surface area contributed by atoms with Crippen molar-refractivity contribution >= 4 is 0 Å². The largest absolute Gasteiger partial charge is 0.221 e. The lowest BCUT2D eigenvalue weighted by Crippen LogP contribution is -2.05. The molecule has 0 fully saturated rings. The van der Waals surface area contributed by atoms with Crippen molar-refractivity contribution < 1.29 is 0 Å². The van der Waals surface area contributed by atoms with E-state index in [1.807, 2.05) is 28.9 Å². The third-order valence-electron chi connectivity index (χ3n) is 4.55. The average molecular weight is 340 g/mol. The minimum atomic E-state index is 0.645. The predicted molar refractivity (Wildman–Crippen MR) is 104 cm³/mol. The van der Waals surface area contributed by atoms with Crippen molar-refractivity contribution in [1.82, 2.24) is 20.2 Å². The number of hydrogen-bond acceptors (Lipinski definition) is 3. The number of hydrogen-bond donors (Lipinski definition) is 0. The molecule has 4 nitrogen and oxygen atoms in total. The first-order valence-corrected chi connectivity index (χ1v) is 8.84. The average Bonchev–Trinajstić information content (AvgIpc) is 3.17. The van der Waals surface area contributed by atoms with E-state index in [1.54, 1.807) is 0 Å². The van der Waals surface area contributed by atoms with E-state index in [9.17, 15) is 0 Å². The van der Waals surface area contributed by atoms with Gasteiger partial charge < -0.3 is 0 Å². The van der Waals surface area contributed by atoms with E-state index in [4.69, 9.17) is 0 Å². The maximum absolute atomic E-state index is 4.30. The fourth-order valence-electron chi connectivity index (χ4n) is 3.11. The van der Waals surface area contributed by atoms with Crippen LogP contribution in [0.5, 0.6) is 0 Å². The molecule has 0 aliphatic rings. The monoisotopic (exact) mass is 340 g/mol. The highest BCUT2D eigenvalue weighted by Gasteiger charge is 2.14. The second-order valence-corrected chi connectivity index (χ2v) is 6.24. The summed E-state index contributed by atoms with van der Waals surface area (Å²) in [5.74, 6) is 0.782. The van der Waals surface area contributed by atoms with Crippen LogP contribution in [0.15, 0.2) is 78.9 Å². The second kappa shape index (κ2) is 7.31. The third kappa shape index (κ3) is 3.26. The zero-order valence-corrected chi connectivity index (χ0v) is 14.7. The molecule has 0 bridgehead atoms. The second-order valence-electron chi connectivity index (χ2n) is 6.24. The lowest BCUT2D eigenvalue weighted by molar-refractivity contribution is 0.653. The number of benzene rings is 3. The molecule has 128 valence electrons. The van der Waals surface area contributed by atoms with Gasteiger partial charge in [-0.15, -0.1) is 5.10 Å². The van der Waals surface area contributed by atoms with Gasteiger partial charge in [0.05, 0.1) is 6.54 Å². The Morgan fingerprint density at radius 3 is 2.15 bits per heavy atom. The van der Waals surface area contributed by atoms with Crippen LogP contribution in [0.4, 0.5) is 0 Å². The Labute approximate surface area is 153 Å². The molecule has 0 saturated carbocycles. The molecule has 0 radical (unpaired) electrons. The third-order valence-corrected chi connectivity index (χ3v) is 4.55. The minimum Gasteiger partial charge on any atom is -0.221 e. The molecule has 0 spiro atoms. The molecule has 0 N–H and O–H groups in total. The summed E-state index contributed by atoms with van der Waals surface area (Å²) in [6.07, 6.45) is 1.04. The Bertz CT molecular complexity index is 988. The standard InChI is InChI=1S/C22H20N4/c1-2-17-12-14-19(15-13-17)20-10-6-7-11-21(20)22-23-24-25-26(22)16-18-8-4-3-5-9-18/h3-15H,2,16H2,1H3. The molecule has 4 heteroatoms. The van der Waals surface area contributed by atoms with E-state index in [2.05, 4.69) is 77.0 Å². The molecule has 0 atom stereocenters. The molecule has 0 unspecified atom stereocenters. The van der Waals surface area contributed by atoms with Crippen LogP contribution in [0.2, 0.25) is 0 Å². The Morgan fingerprint density at radius 1 is 0.731 bits per heavy atom. The van der Waals surface area contributed by atoms with E-state index in [-0.39, 0.29) is 0 Å². The highest BCUT2D eigenvalue weighted by molar-refractivity contribution is 5.80. The molecule has 3 aromatic carbocycles. The molecule has 0 amide bonds. The van der Waals surface area contributed by atoms with Crippen molar-refractivity contribution in [3.8, 4) is 22.5 Å². The van der Waals surface area contributed by atoms with Crippen molar-refractivity contribution in [2.75, 3.05) is 0 Å². The van der Waals surface area contributed by atoms with Crippen LogP contribution in [-0.2, 0) is 13.0 Å². The van der Waals surface area contributed by atoms with Crippen molar-refractivity contribution in [3.05, 3.63) is 90.0 Å². The zero-order valence-electron chi connectivity index (χ0n) is 14.7. The SMILES string of the molecule is CCc1ccc(-c2ccccc2-c2nnnn2Cc2ccccc2)cc1. The van der Waals surface area contributed by atoms with Crippen molar-refractivity contribution in [2.24, 2.45) is 0 Å². The summed E-state index contributed by atoms with van der Waals surface area (Å²) in [5, 5.41) is 12.4. The highest BCUT2D eigenvalue weighted by atomic mass is 15.5. The quantitative estimate of drug-likeness (QED) is 0.532. The first-order chi connectivity index (χ1) is 12.8. The molecular formula is C22H20N4. The molecule has 1 aromatic heterocycles. The maximum atomic E-state index is 4.30. The van der Waals surface area contributed by atoms with Crippen LogP contribution >= 0.6 is 0 Å². The number of aryl methyl sites for hydroxylation is 1. The van der Waals surface area contributed by atoms with Gasteiger partial charge in [-0.2, -0.15) is 0 Å². The van der Waals surface area contributed by atoms with E-state index < -0.39 is 0 Å². The summed E-state index contributed by atoms with van der Waals surface area (Å²) in [4.78, 5) is 0. The molecule has 0 saturated heterocycles. The normalized spacial score (nSPS) is 10.8. The summed E-state index contributed by atoms with van der Waals surface area (Å²) in [6, 6.07) is 27.2. The number of rotatable bonds is 5. The fraction of sp³-hybridized carbons (Fsp3) is 0.136. The van der Waals surface area contributed by atoms with E-state index in [1.165, 1.54) is 16.7 Å². The predicted octanol–water partition coefficient (Wildman–Crippen LogP) is 4.62. The van der Waals surface area contributed by atoms with Gasteiger partial charge in [-0.25, -0.2) is 4.68 Å². The molecule has 4 aromatic rings. The smallest absolute Gasteiger partial charge is 0.182 e. The fourth-order valence-corrected chi connectivity index (χ4v) is 3.11. The molecule has 1 heterocycles. The summed E-state index contributed by atoms with van der Waals surface area (Å²) in [7, 11) is 0. The van der Waals surface area contributed by atoms with Crippen molar-refractivity contribution in [2.45, 2.75) is 19.9 Å². The molecular weight excluding hydrogens is 320 g/mol. The van der Waals surface area contributed by atoms with Crippen LogP contribution < -0.4 is 0 Å². The van der Waals surface area contributed by atoms with Gasteiger partial charge >= 0.3 is 0 Å². The van der Waals surface area contributed by atoms with Crippen LogP contribution in [0.1, 0.15) is 18.1 Å². The van der Waals surface area contributed by atoms with Crippen LogP contribution in [-0.4, -0.2) is 20.2 Å². The molecule has 26 heavy (non-hydrogen) atoms. The van der Waals surface area contributed by atoms with Crippen molar-refractivity contribution in [1.29, 1.82) is 0 Å². The van der Waals surface area contributed by atoms with Gasteiger partial charge in [0.2, 0.25) is 0 Å². The lowest BCUT2D eigenvalue weighted by atomic mass is 9.98. The Balaban J connectivity index is 1.74. The van der Waals surface area contributed by atoms with Gasteiger partial charge in [-0.1, -0.05) is 85.8 Å². The van der Waals surface area contributed by atoms with E-state index >= 15 is 0 Å². The van der Waals surface area contributed by atoms with Crippen LogP contribution in [0, 0.1) is 0 Å². The van der Waals surface area contributed by atoms with Gasteiger partial charge in [-0.05, 0) is 39.1 Å². The number of nitrogens with zero attached hydrogens (tertiary/aromatic N) is 4. The Kier molecular flexibility index (Phi) is 4.56. The first-order valence-electron chi connectivity index (χ1n) is 8.84.